The van der Waals surface area contributed by atoms with Crippen molar-refractivity contribution in [3.05, 3.63) is 11.6 Å². The molecule has 0 aromatic rings. The molecule has 10 heteroatoms. The molecule has 2 saturated heterocycles. The number of esters is 1. The lowest BCUT2D eigenvalue weighted by Gasteiger charge is -2.41. The third-order valence-electron chi connectivity index (χ3n) is 16.8. The molecule has 65 heavy (non-hydrogen) atoms. The molecule has 3 heterocycles. The lowest BCUT2D eigenvalue weighted by molar-refractivity contribution is -0.139. The van der Waals surface area contributed by atoms with Crippen molar-refractivity contribution in [1.82, 2.24) is 0 Å². The fourth-order valence-corrected chi connectivity index (χ4v) is 13.5. The van der Waals surface area contributed by atoms with Gasteiger partial charge in [0.25, 0.3) is 0 Å². The Morgan fingerprint density at radius 3 is 1.35 bits per heavy atom. The zero-order chi connectivity index (χ0) is 48.7. The van der Waals surface area contributed by atoms with Crippen molar-refractivity contribution < 1.29 is 32.3 Å². The van der Waals surface area contributed by atoms with E-state index >= 15 is 0 Å². The van der Waals surface area contributed by atoms with Crippen molar-refractivity contribution in [2.75, 3.05) is 0 Å². The summed E-state index contributed by atoms with van der Waals surface area (Å²) in [6.45, 7) is 40.0. The van der Waals surface area contributed by atoms with Gasteiger partial charge in [-0.05, 0) is 138 Å². The van der Waals surface area contributed by atoms with Crippen molar-refractivity contribution >= 4 is 30.9 Å². The van der Waals surface area contributed by atoms with E-state index in [1.165, 1.54) is 89.9 Å². The lowest BCUT2D eigenvalue weighted by Crippen LogP contribution is -2.48. The summed E-state index contributed by atoms with van der Waals surface area (Å²) in [5, 5.41) is 0.517. The van der Waals surface area contributed by atoms with Gasteiger partial charge < -0.3 is 27.5 Å². The van der Waals surface area contributed by atoms with Crippen LogP contribution in [0.3, 0.4) is 0 Å². The SMILES string of the molecule is CCCCCC[C@@H](CCC[C@@H](O[Si](C)(C)C(C)(C)C)[C@H]1CC[C@H]([C@H]2CC[C@H]([C@@H](CCCCCCCCCCCCC3=C[C@H](C)OC3=O)O[Si](C)(C)C(C)(C)C)O2)O1)O[Si](C)(C)C(C)(C)C. The maximum absolute atomic E-state index is 11.8. The van der Waals surface area contributed by atoms with Crippen LogP contribution >= 0.6 is 0 Å². The van der Waals surface area contributed by atoms with E-state index in [1.807, 2.05) is 13.0 Å². The predicted molar refractivity (Wildman–Crippen MR) is 284 cm³/mol. The molecule has 0 unspecified atom stereocenters. The minimum atomic E-state index is -2.03. The summed E-state index contributed by atoms with van der Waals surface area (Å²) in [6, 6.07) is 0. The maximum Gasteiger partial charge on any atom is 0.334 e. The van der Waals surface area contributed by atoms with E-state index in [0.29, 0.717) is 6.10 Å². The fourth-order valence-electron chi connectivity index (χ4n) is 9.32. The Balaban J connectivity index is 1.55. The smallest absolute Gasteiger partial charge is 0.334 e. The third-order valence-corrected chi connectivity index (χ3v) is 30.3. The van der Waals surface area contributed by atoms with Crippen LogP contribution in [0.15, 0.2) is 11.6 Å². The summed E-state index contributed by atoms with van der Waals surface area (Å²) in [6.07, 6.45) is 31.4. The summed E-state index contributed by atoms with van der Waals surface area (Å²) in [7, 11) is -5.88. The minimum absolute atomic E-state index is 0.0489. The van der Waals surface area contributed by atoms with E-state index in [9.17, 15) is 4.79 Å². The first-order valence-corrected chi connectivity index (χ1v) is 36.2. The summed E-state index contributed by atoms with van der Waals surface area (Å²) in [5.74, 6) is -0.106. The zero-order valence-electron chi connectivity index (χ0n) is 46.0. The molecular formula is C55H108O7Si3. The molecule has 0 radical (unpaired) electrons. The first-order chi connectivity index (χ1) is 30.2. The Morgan fingerprint density at radius 2 is 0.923 bits per heavy atom. The second-order valence-corrected chi connectivity index (χ2v) is 39.8. The van der Waals surface area contributed by atoms with Gasteiger partial charge in [-0.3, -0.25) is 0 Å². The van der Waals surface area contributed by atoms with Crippen molar-refractivity contribution in [3.8, 4) is 0 Å². The topological polar surface area (TPSA) is 72.5 Å². The van der Waals surface area contributed by atoms with Crippen LogP contribution in [0.1, 0.15) is 230 Å². The van der Waals surface area contributed by atoms with Crippen LogP contribution in [0.4, 0.5) is 0 Å². The Kier molecular flexibility index (Phi) is 24.3. The largest absolute Gasteiger partial charge is 0.455 e. The summed E-state index contributed by atoms with van der Waals surface area (Å²) in [5.41, 5.74) is 0.882. The molecule has 2 fully saturated rings. The molecule has 0 bridgehead atoms. The second kappa shape index (κ2) is 26.8. The van der Waals surface area contributed by atoms with Gasteiger partial charge in [0, 0.05) is 11.7 Å². The van der Waals surface area contributed by atoms with Crippen LogP contribution < -0.4 is 0 Å². The van der Waals surface area contributed by atoms with Gasteiger partial charge in [0.2, 0.25) is 0 Å². The molecule has 7 nitrogen and oxygen atoms in total. The van der Waals surface area contributed by atoms with E-state index in [1.54, 1.807) is 0 Å². The standard InChI is InChI=1S/C55H108O7Si3/c1-18-19-20-30-34-45(60-63(12,13)53(3,4)5)35-32-37-51(62-65(16,17)55(9,10)11)49-41-39-47(59-49)46-38-40-48(58-46)50(61-64(14,15)54(6,7)8)36-31-28-26-24-22-21-23-25-27-29-33-44-42-43(2)57-52(44)56/h42-43,45-51H,18-41H2,1-17H3/t43-,45-,46+,47+,48+,49+,50+,51+/m0/s1. The third kappa shape index (κ3) is 19.8. The molecule has 0 N–H and O–H groups in total. The highest BCUT2D eigenvalue weighted by atomic mass is 28.4. The van der Waals surface area contributed by atoms with Gasteiger partial charge in [-0.1, -0.05) is 153 Å². The van der Waals surface area contributed by atoms with Crippen LogP contribution in [0.2, 0.25) is 54.4 Å². The minimum Gasteiger partial charge on any atom is -0.455 e. The van der Waals surface area contributed by atoms with E-state index in [0.717, 1.165) is 69.8 Å². The highest BCUT2D eigenvalue weighted by Crippen LogP contribution is 2.44. The molecule has 8 atom stereocenters. The Labute approximate surface area is 406 Å². The average Bonchev–Trinajstić information content (AvgIpc) is 3.94. The lowest BCUT2D eigenvalue weighted by atomic mass is 9.99. The second-order valence-electron chi connectivity index (χ2n) is 25.6. The molecule has 0 aromatic heterocycles. The van der Waals surface area contributed by atoms with Crippen LogP contribution in [0, 0.1) is 0 Å². The number of ether oxygens (including phenoxy) is 3. The highest BCUT2D eigenvalue weighted by molar-refractivity contribution is 6.75. The van der Waals surface area contributed by atoms with Crippen molar-refractivity contribution in [2.24, 2.45) is 0 Å². The number of hydrogen-bond acceptors (Lipinski definition) is 7. The van der Waals surface area contributed by atoms with Gasteiger partial charge in [0.1, 0.15) is 6.10 Å². The molecule has 0 aromatic carbocycles. The Morgan fingerprint density at radius 1 is 0.538 bits per heavy atom. The van der Waals surface area contributed by atoms with Gasteiger partial charge >= 0.3 is 5.97 Å². The van der Waals surface area contributed by atoms with Gasteiger partial charge in [0.05, 0.1) is 36.6 Å². The number of carbonyl (C=O) groups excluding carboxylic acids is 1. The Hall–Kier alpha value is -0.339. The van der Waals surface area contributed by atoms with Crippen molar-refractivity contribution in [2.45, 2.75) is 333 Å². The molecule has 382 valence electrons. The normalized spacial score (nSPS) is 24.1. The first kappa shape index (κ1) is 59.0. The highest BCUT2D eigenvalue weighted by Gasteiger charge is 2.47. The van der Waals surface area contributed by atoms with Gasteiger partial charge in [-0.15, -0.1) is 0 Å². The van der Waals surface area contributed by atoms with Crippen LogP contribution in [0.5, 0.6) is 0 Å². The maximum atomic E-state index is 11.8. The molecule has 0 aliphatic carbocycles. The summed E-state index contributed by atoms with van der Waals surface area (Å²) >= 11 is 0. The van der Waals surface area contributed by atoms with E-state index in [-0.39, 0.29) is 63.8 Å². The molecule has 0 amide bonds. The average molecular weight is 966 g/mol. The van der Waals surface area contributed by atoms with Gasteiger partial charge in [-0.25, -0.2) is 4.79 Å². The Bertz CT molecular complexity index is 1390. The predicted octanol–water partition coefficient (Wildman–Crippen LogP) is 16.9. The summed E-state index contributed by atoms with van der Waals surface area (Å²) in [4.78, 5) is 11.8. The van der Waals surface area contributed by atoms with Crippen LogP contribution in [-0.2, 0) is 32.3 Å². The molecule has 0 spiro atoms. The number of carbonyl (C=O) groups is 1. The molecule has 0 saturated carbocycles. The first-order valence-electron chi connectivity index (χ1n) is 27.4. The van der Waals surface area contributed by atoms with Gasteiger partial charge in [0.15, 0.2) is 25.0 Å². The number of cyclic esters (lactones) is 1. The molecular weight excluding hydrogens is 857 g/mol. The number of hydrogen-bond donors (Lipinski definition) is 0. The zero-order valence-corrected chi connectivity index (χ0v) is 49.0. The van der Waals surface area contributed by atoms with Gasteiger partial charge in [-0.2, -0.15) is 0 Å². The molecule has 3 aliphatic rings. The summed E-state index contributed by atoms with van der Waals surface area (Å²) < 4.78 is 41.1. The van der Waals surface area contributed by atoms with Crippen molar-refractivity contribution in [3.63, 3.8) is 0 Å². The monoisotopic (exact) mass is 965 g/mol. The van der Waals surface area contributed by atoms with Crippen LogP contribution in [0.25, 0.3) is 0 Å². The molecule has 3 rings (SSSR count). The van der Waals surface area contributed by atoms with Crippen molar-refractivity contribution in [1.29, 1.82) is 0 Å². The van der Waals surface area contributed by atoms with E-state index < -0.39 is 25.0 Å². The quantitative estimate of drug-likeness (QED) is 0.0389. The number of rotatable bonds is 31. The fraction of sp³-hybridized carbons (Fsp3) is 0.945. The number of unbranched alkanes of at least 4 members (excludes halogenated alkanes) is 12. The molecule has 3 aliphatic heterocycles. The van der Waals surface area contributed by atoms with Crippen LogP contribution in [-0.4, -0.2) is 79.8 Å². The van der Waals surface area contributed by atoms with E-state index in [4.69, 9.17) is 27.5 Å². The van der Waals surface area contributed by atoms with E-state index in [2.05, 4.69) is 109 Å².